The Balaban J connectivity index is 2.56. The predicted octanol–water partition coefficient (Wildman–Crippen LogP) is 4.07. The molecule has 0 radical (unpaired) electrons. The second kappa shape index (κ2) is 6.64. The van der Waals surface area contributed by atoms with Crippen molar-refractivity contribution in [2.75, 3.05) is 5.32 Å². The number of anilines is 1. The van der Waals surface area contributed by atoms with Crippen molar-refractivity contribution in [2.24, 2.45) is 0 Å². The number of nitrogens with one attached hydrogen (secondary N) is 2. The lowest BCUT2D eigenvalue weighted by molar-refractivity contribution is 0.248. The van der Waals surface area contributed by atoms with E-state index in [2.05, 4.69) is 33.5 Å². The highest BCUT2D eigenvalue weighted by atomic mass is 79.9. The van der Waals surface area contributed by atoms with Gasteiger partial charge in [-0.25, -0.2) is 4.79 Å². The van der Waals surface area contributed by atoms with Crippen molar-refractivity contribution in [3.05, 3.63) is 28.2 Å². The fraction of sp³-hybridized carbons (Fsp3) is 0.462. The molecule has 0 aliphatic rings. The number of hydrogen-bond acceptors (Lipinski definition) is 1. The zero-order chi connectivity index (χ0) is 12.8. The van der Waals surface area contributed by atoms with Gasteiger partial charge in [-0.15, -0.1) is 0 Å². The quantitative estimate of drug-likeness (QED) is 0.864. The average Bonchev–Trinajstić information content (AvgIpc) is 2.22. The molecule has 0 aliphatic heterocycles. The minimum Gasteiger partial charge on any atom is -0.335 e. The van der Waals surface area contributed by atoms with Crippen LogP contribution in [0.1, 0.15) is 32.3 Å². The molecule has 0 heterocycles. The minimum atomic E-state index is -0.142. The zero-order valence-corrected chi connectivity index (χ0v) is 12.1. The maximum Gasteiger partial charge on any atom is 0.319 e. The molecular formula is C13H19BrN2O. The topological polar surface area (TPSA) is 41.1 Å². The number of benzene rings is 1. The van der Waals surface area contributed by atoms with Crippen molar-refractivity contribution in [1.82, 2.24) is 5.32 Å². The van der Waals surface area contributed by atoms with E-state index < -0.39 is 0 Å². The Bertz CT molecular complexity index is 393. The summed E-state index contributed by atoms with van der Waals surface area (Å²) in [6.07, 6.45) is 2.06. The van der Waals surface area contributed by atoms with Crippen LogP contribution in [0.2, 0.25) is 0 Å². The molecule has 17 heavy (non-hydrogen) atoms. The van der Waals surface area contributed by atoms with E-state index in [1.165, 1.54) is 0 Å². The third-order valence-corrected chi connectivity index (χ3v) is 3.03. The normalized spacial score (nSPS) is 12.0. The Morgan fingerprint density at radius 1 is 1.47 bits per heavy atom. The highest BCUT2D eigenvalue weighted by molar-refractivity contribution is 9.10. The number of carbonyl (C=O) groups excluding carboxylic acids is 1. The van der Waals surface area contributed by atoms with Gasteiger partial charge in [-0.3, -0.25) is 0 Å². The molecule has 0 unspecified atom stereocenters. The fourth-order valence-corrected chi connectivity index (χ4v) is 2.13. The largest absolute Gasteiger partial charge is 0.335 e. The smallest absolute Gasteiger partial charge is 0.319 e. The first-order valence-electron chi connectivity index (χ1n) is 5.86. The van der Waals surface area contributed by atoms with Gasteiger partial charge in [-0.2, -0.15) is 0 Å². The molecule has 0 fully saturated rings. The van der Waals surface area contributed by atoms with E-state index in [0.29, 0.717) is 0 Å². The van der Waals surface area contributed by atoms with Gasteiger partial charge in [-0.05, 0) is 44.0 Å². The Kier molecular flexibility index (Phi) is 5.48. The van der Waals surface area contributed by atoms with Crippen LogP contribution >= 0.6 is 15.9 Å². The highest BCUT2D eigenvalue weighted by Gasteiger charge is 2.07. The minimum absolute atomic E-state index is 0.142. The van der Waals surface area contributed by atoms with Gasteiger partial charge in [0.1, 0.15) is 0 Å². The number of urea groups is 1. The van der Waals surface area contributed by atoms with Gasteiger partial charge >= 0.3 is 6.03 Å². The molecule has 0 saturated heterocycles. The van der Waals surface area contributed by atoms with Crippen LogP contribution in [0.5, 0.6) is 0 Å². The Hall–Kier alpha value is -1.03. The number of aryl methyl sites for hydroxylation is 1. The molecule has 94 valence electrons. The van der Waals surface area contributed by atoms with Crippen molar-refractivity contribution in [2.45, 2.75) is 39.7 Å². The van der Waals surface area contributed by atoms with E-state index in [1.807, 2.05) is 32.0 Å². The van der Waals surface area contributed by atoms with Crippen molar-refractivity contribution in [1.29, 1.82) is 0 Å². The van der Waals surface area contributed by atoms with E-state index >= 15 is 0 Å². The van der Waals surface area contributed by atoms with Gasteiger partial charge in [-0.1, -0.05) is 29.3 Å². The molecule has 0 saturated carbocycles. The van der Waals surface area contributed by atoms with Crippen molar-refractivity contribution < 1.29 is 4.79 Å². The van der Waals surface area contributed by atoms with E-state index in [4.69, 9.17) is 0 Å². The molecule has 2 amide bonds. The van der Waals surface area contributed by atoms with Crippen molar-refractivity contribution >= 4 is 27.6 Å². The highest BCUT2D eigenvalue weighted by Crippen LogP contribution is 2.19. The fourth-order valence-electron chi connectivity index (χ4n) is 1.65. The summed E-state index contributed by atoms with van der Waals surface area (Å²) in [6.45, 7) is 6.09. The lowest BCUT2D eigenvalue weighted by Crippen LogP contribution is -2.36. The maximum absolute atomic E-state index is 11.7. The molecule has 4 heteroatoms. The lowest BCUT2D eigenvalue weighted by Gasteiger charge is -2.14. The van der Waals surface area contributed by atoms with E-state index in [1.54, 1.807) is 0 Å². The van der Waals surface area contributed by atoms with Crippen LogP contribution in [0.3, 0.4) is 0 Å². The second-order valence-electron chi connectivity index (χ2n) is 4.25. The predicted molar refractivity (Wildman–Crippen MR) is 75.4 cm³/mol. The van der Waals surface area contributed by atoms with Gasteiger partial charge in [0.05, 0.1) is 0 Å². The standard InChI is InChI=1S/C13H19BrN2O/c1-4-5-10(3)15-13(17)16-12-7-6-11(14)8-9(12)2/h6-8,10H,4-5H2,1-3H3,(H2,15,16,17)/t10-/m1/s1. The van der Waals surface area contributed by atoms with E-state index in [9.17, 15) is 4.79 Å². The number of rotatable bonds is 4. The molecule has 1 atom stereocenters. The summed E-state index contributed by atoms with van der Waals surface area (Å²) in [7, 11) is 0. The van der Waals surface area contributed by atoms with Gasteiger partial charge in [0, 0.05) is 16.2 Å². The van der Waals surface area contributed by atoms with Crippen LogP contribution in [0, 0.1) is 6.92 Å². The van der Waals surface area contributed by atoms with Crippen LogP contribution in [0.25, 0.3) is 0 Å². The molecule has 0 bridgehead atoms. The van der Waals surface area contributed by atoms with Crippen LogP contribution in [0.4, 0.5) is 10.5 Å². The summed E-state index contributed by atoms with van der Waals surface area (Å²) in [5.74, 6) is 0. The molecule has 2 N–H and O–H groups in total. The first kappa shape index (κ1) is 14.0. The van der Waals surface area contributed by atoms with Gasteiger partial charge in [0.2, 0.25) is 0 Å². The molecule has 3 nitrogen and oxygen atoms in total. The Labute approximate surface area is 111 Å². The second-order valence-corrected chi connectivity index (χ2v) is 5.16. The zero-order valence-electron chi connectivity index (χ0n) is 10.5. The van der Waals surface area contributed by atoms with Crippen LogP contribution in [0.15, 0.2) is 22.7 Å². The molecule has 1 aromatic carbocycles. The molecule has 0 aromatic heterocycles. The lowest BCUT2D eigenvalue weighted by atomic mass is 10.2. The maximum atomic E-state index is 11.7. The summed E-state index contributed by atoms with van der Waals surface area (Å²) in [4.78, 5) is 11.7. The van der Waals surface area contributed by atoms with Crippen LogP contribution in [-0.2, 0) is 0 Å². The summed E-state index contributed by atoms with van der Waals surface area (Å²) >= 11 is 3.39. The van der Waals surface area contributed by atoms with Gasteiger partial charge < -0.3 is 10.6 Å². The van der Waals surface area contributed by atoms with Gasteiger partial charge in [0.25, 0.3) is 0 Å². The number of halogens is 1. The Morgan fingerprint density at radius 2 is 2.18 bits per heavy atom. The first-order chi connectivity index (χ1) is 8.02. The van der Waals surface area contributed by atoms with Crippen molar-refractivity contribution in [3.63, 3.8) is 0 Å². The van der Waals surface area contributed by atoms with E-state index in [-0.39, 0.29) is 12.1 Å². The Morgan fingerprint density at radius 3 is 2.76 bits per heavy atom. The van der Waals surface area contributed by atoms with Crippen molar-refractivity contribution in [3.8, 4) is 0 Å². The molecule has 0 spiro atoms. The van der Waals surface area contributed by atoms with Crippen LogP contribution < -0.4 is 10.6 Å². The van der Waals surface area contributed by atoms with E-state index in [0.717, 1.165) is 28.6 Å². The first-order valence-corrected chi connectivity index (χ1v) is 6.66. The molecule has 0 aliphatic carbocycles. The summed E-state index contributed by atoms with van der Waals surface area (Å²) in [5.41, 5.74) is 1.88. The monoisotopic (exact) mass is 298 g/mol. The SMILES string of the molecule is CCC[C@@H](C)NC(=O)Nc1ccc(Br)cc1C. The molecule has 1 rings (SSSR count). The summed E-state index contributed by atoms with van der Waals surface area (Å²) < 4.78 is 1.01. The van der Waals surface area contributed by atoms with Gasteiger partial charge in [0.15, 0.2) is 0 Å². The number of carbonyl (C=O) groups is 1. The molecular weight excluding hydrogens is 280 g/mol. The third kappa shape index (κ3) is 4.77. The number of amides is 2. The summed E-state index contributed by atoms with van der Waals surface area (Å²) in [6, 6.07) is 5.85. The summed E-state index contributed by atoms with van der Waals surface area (Å²) in [5, 5.41) is 5.77. The average molecular weight is 299 g/mol. The van der Waals surface area contributed by atoms with Crippen LogP contribution in [-0.4, -0.2) is 12.1 Å². The third-order valence-electron chi connectivity index (χ3n) is 2.54. The number of hydrogen-bond donors (Lipinski definition) is 2. The molecule has 1 aromatic rings.